The Morgan fingerprint density at radius 2 is 1.91 bits per heavy atom. The number of carbonyl (C=O) groups is 1. The van der Waals surface area contributed by atoms with Gasteiger partial charge in [0.2, 0.25) is 0 Å². The lowest BCUT2D eigenvalue weighted by Gasteiger charge is -2.20. The molecular weight excluding hydrogens is 418 g/mol. The van der Waals surface area contributed by atoms with Gasteiger partial charge in [0.05, 0.1) is 16.9 Å². The van der Waals surface area contributed by atoms with Gasteiger partial charge in [-0.05, 0) is 50.2 Å². The van der Waals surface area contributed by atoms with Crippen molar-refractivity contribution < 1.29 is 4.79 Å². The van der Waals surface area contributed by atoms with E-state index < -0.39 is 0 Å². The fourth-order valence-electron chi connectivity index (χ4n) is 3.90. The summed E-state index contributed by atoms with van der Waals surface area (Å²) in [6, 6.07) is 16.0. The number of nitrogens with one attached hydrogen (secondary N) is 1. The Balaban J connectivity index is 1.52. The number of aromatic nitrogens is 3. The molecule has 1 N–H and O–H groups in total. The van der Waals surface area contributed by atoms with E-state index >= 15 is 0 Å². The van der Waals surface area contributed by atoms with Crippen LogP contribution in [0.15, 0.2) is 54.7 Å². The van der Waals surface area contributed by atoms with Crippen molar-refractivity contribution in [3.05, 3.63) is 82.0 Å². The quantitative estimate of drug-likeness (QED) is 0.490. The van der Waals surface area contributed by atoms with E-state index in [2.05, 4.69) is 48.2 Å². The third-order valence-electron chi connectivity index (χ3n) is 5.90. The first kappa shape index (κ1) is 20.6. The molecule has 0 saturated heterocycles. The lowest BCUT2D eigenvalue weighted by Crippen LogP contribution is -2.25. The van der Waals surface area contributed by atoms with Gasteiger partial charge in [0, 0.05) is 36.1 Å². The number of carbonyl (C=O) groups excluding carboxylic acids is 1. The molecule has 32 heavy (non-hydrogen) atoms. The number of anilines is 1. The van der Waals surface area contributed by atoms with Crippen LogP contribution in [0.1, 0.15) is 32.1 Å². The van der Waals surface area contributed by atoms with Crippen LogP contribution in [0.25, 0.3) is 16.9 Å². The molecule has 4 aromatic rings. The molecule has 0 unspecified atom stereocenters. The molecule has 0 fully saturated rings. The number of aryl methyl sites for hydroxylation is 2. The van der Waals surface area contributed by atoms with Crippen molar-refractivity contribution in [2.75, 3.05) is 18.9 Å². The molecule has 0 radical (unpaired) electrons. The Bertz CT molecular complexity index is 1290. The SMILES string of the molecule is Cc1ccc(-c2nn(-c3ccccc3)cc2C(=O)Nc2nc3c(s2)CN(C)CC3)cc1C. The van der Waals surface area contributed by atoms with Gasteiger partial charge in [-0.3, -0.25) is 10.1 Å². The summed E-state index contributed by atoms with van der Waals surface area (Å²) in [5.41, 5.74) is 6.49. The average molecular weight is 444 g/mol. The fraction of sp³-hybridized carbons (Fsp3) is 0.240. The molecule has 0 saturated carbocycles. The van der Waals surface area contributed by atoms with Crippen LogP contribution in [0.2, 0.25) is 0 Å². The van der Waals surface area contributed by atoms with E-state index in [1.807, 2.05) is 36.4 Å². The van der Waals surface area contributed by atoms with E-state index in [4.69, 9.17) is 5.10 Å². The minimum Gasteiger partial charge on any atom is -0.301 e. The number of benzene rings is 2. The van der Waals surface area contributed by atoms with Gasteiger partial charge in [0.1, 0.15) is 5.69 Å². The second kappa shape index (κ2) is 8.33. The van der Waals surface area contributed by atoms with Crippen LogP contribution in [0, 0.1) is 13.8 Å². The maximum absolute atomic E-state index is 13.4. The molecule has 3 heterocycles. The number of rotatable bonds is 4. The second-order valence-corrected chi connectivity index (χ2v) is 9.38. The zero-order chi connectivity index (χ0) is 22.2. The van der Waals surface area contributed by atoms with Crippen LogP contribution in [0.4, 0.5) is 5.13 Å². The largest absolute Gasteiger partial charge is 0.301 e. The Hall–Kier alpha value is -3.29. The summed E-state index contributed by atoms with van der Waals surface area (Å²) in [6.07, 6.45) is 2.72. The molecule has 2 aromatic heterocycles. The molecule has 2 aromatic carbocycles. The molecule has 5 rings (SSSR count). The maximum Gasteiger partial charge on any atom is 0.261 e. The molecule has 1 aliphatic heterocycles. The Morgan fingerprint density at radius 3 is 2.69 bits per heavy atom. The van der Waals surface area contributed by atoms with E-state index in [9.17, 15) is 4.79 Å². The minimum absolute atomic E-state index is 0.195. The predicted molar refractivity (Wildman–Crippen MR) is 129 cm³/mol. The number of hydrogen-bond donors (Lipinski definition) is 1. The van der Waals surface area contributed by atoms with Crippen LogP contribution in [0.5, 0.6) is 0 Å². The van der Waals surface area contributed by atoms with Crippen LogP contribution in [0.3, 0.4) is 0 Å². The van der Waals surface area contributed by atoms with Gasteiger partial charge in [-0.15, -0.1) is 11.3 Å². The van der Waals surface area contributed by atoms with Crippen molar-refractivity contribution in [3.63, 3.8) is 0 Å². The number of thiazole rings is 1. The van der Waals surface area contributed by atoms with Gasteiger partial charge in [-0.1, -0.05) is 30.3 Å². The Labute approximate surface area is 191 Å². The summed E-state index contributed by atoms with van der Waals surface area (Å²) in [4.78, 5) is 21.5. The minimum atomic E-state index is -0.195. The number of nitrogens with zero attached hydrogens (tertiary/aromatic N) is 4. The summed E-state index contributed by atoms with van der Waals surface area (Å²) in [5.74, 6) is -0.195. The maximum atomic E-state index is 13.4. The zero-order valence-electron chi connectivity index (χ0n) is 18.4. The molecule has 1 amide bonds. The van der Waals surface area contributed by atoms with Crippen molar-refractivity contribution in [1.82, 2.24) is 19.7 Å². The monoisotopic (exact) mass is 443 g/mol. The Kier molecular flexibility index (Phi) is 5.36. The van der Waals surface area contributed by atoms with Crippen LogP contribution in [-0.4, -0.2) is 39.2 Å². The standard InChI is InChI=1S/C25H25N5OS/c1-16-9-10-18(13-17(16)2)23-20(14-30(28-23)19-7-5-4-6-8-19)24(31)27-25-26-21-11-12-29(3)15-22(21)32-25/h4-10,13-14H,11-12,15H2,1-3H3,(H,26,27,31). The lowest BCUT2D eigenvalue weighted by molar-refractivity contribution is 0.102. The summed E-state index contributed by atoms with van der Waals surface area (Å²) >= 11 is 1.56. The van der Waals surface area contributed by atoms with E-state index in [1.54, 1.807) is 22.2 Å². The van der Waals surface area contributed by atoms with Crippen molar-refractivity contribution in [2.24, 2.45) is 0 Å². The molecule has 0 spiro atoms. The first-order valence-electron chi connectivity index (χ1n) is 10.7. The van der Waals surface area contributed by atoms with E-state index in [-0.39, 0.29) is 5.91 Å². The topological polar surface area (TPSA) is 63.1 Å². The smallest absolute Gasteiger partial charge is 0.261 e. The molecule has 1 aliphatic rings. The molecule has 0 aliphatic carbocycles. The fourth-order valence-corrected chi connectivity index (χ4v) is 4.98. The third-order valence-corrected chi connectivity index (χ3v) is 6.90. The van der Waals surface area contributed by atoms with Crippen molar-refractivity contribution >= 4 is 22.4 Å². The predicted octanol–water partition coefficient (Wildman–Crippen LogP) is 4.85. The first-order chi connectivity index (χ1) is 15.5. The number of hydrogen-bond acceptors (Lipinski definition) is 5. The molecule has 7 heteroatoms. The highest BCUT2D eigenvalue weighted by Gasteiger charge is 2.23. The van der Waals surface area contributed by atoms with Gasteiger partial charge in [0.15, 0.2) is 5.13 Å². The Morgan fingerprint density at radius 1 is 1.09 bits per heavy atom. The summed E-state index contributed by atoms with van der Waals surface area (Å²) in [6.45, 7) is 6.02. The average Bonchev–Trinajstić information content (AvgIpc) is 3.40. The van der Waals surface area contributed by atoms with Crippen molar-refractivity contribution in [3.8, 4) is 16.9 Å². The van der Waals surface area contributed by atoms with Crippen LogP contribution in [-0.2, 0) is 13.0 Å². The highest BCUT2D eigenvalue weighted by atomic mass is 32.1. The third kappa shape index (κ3) is 3.97. The van der Waals surface area contributed by atoms with Gasteiger partial charge in [-0.2, -0.15) is 5.10 Å². The van der Waals surface area contributed by atoms with E-state index in [0.29, 0.717) is 16.4 Å². The van der Waals surface area contributed by atoms with Crippen molar-refractivity contribution in [2.45, 2.75) is 26.8 Å². The van der Waals surface area contributed by atoms with Crippen LogP contribution < -0.4 is 5.32 Å². The number of likely N-dealkylation sites (N-methyl/N-ethyl adjacent to an activating group) is 1. The summed E-state index contributed by atoms with van der Waals surface area (Å²) in [5, 5.41) is 8.47. The van der Waals surface area contributed by atoms with Crippen LogP contribution >= 0.6 is 11.3 Å². The lowest BCUT2D eigenvalue weighted by atomic mass is 10.0. The van der Waals surface area contributed by atoms with E-state index in [1.165, 1.54) is 16.0 Å². The molecular formula is C25H25N5OS. The number of fused-ring (bicyclic) bond motifs is 1. The molecule has 0 atom stereocenters. The summed E-state index contributed by atoms with van der Waals surface area (Å²) in [7, 11) is 2.11. The highest BCUT2D eigenvalue weighted by Crippen LogP contribution is 2.30. The first-order valence-corrected chi connectivity index (χ1v) is 11.5. The van der Waals surface area contributed by atoms with E-state index in [0.717, 1.165) is 36.5 Å². The van der Waals surface area contributed by atoms with Gasteiger partial charge >= 0.3 is 0 Å². The molecule has 6 nitrogen and oxygen atoms in total. The zero-order valence-corrected chi connectivity index (χ0v) is 19.2. The normalized spacial score (nSPS) is 13.7. The molecule has 0 bridgehead atoms. The second-order valence-electron chi connectivity index (χ2n) is 8.30. The van der Waals surface area contributed by atoms with Gasteiger partial charge in [0.25, 0.3) is 5.91 Å². The van der Waals surface area contributed by atoms with Gasteiger partial charge < -0.3 is 4.90 Å². The molecule has 162 valence electrons. The van der Waals surface area contributed by atoms with Crippen molar-refractivity contribution in [1.29, 1.82) is 0 Å². The summed E-state index contributed by atoms with van der Waals surface area (Å²) < 4.78 is 1.77. The number of amides is 1. The highest BCUT2D eigenvalue weighted by molar-refractivity contribution is 7.15. The van der Waals surface area contributed by atoms with Gasteiger partial charge in [-0.25, -0.2) is 9.67 Å². The number of para-hydroxylation sites is 1.